The van der Waals surface area contributed by atoms with E-state index in [0.717, 1.165) is 0 Å². The Balaban J connectivity index is 2.89. The van der Waals surface area contributed by atoms with E-state index in [4.69, 9.17) is 5.11 Å². The standard InChI is InChI=1S/C12H16N2O3/c1-8(2)7-14(3)11(15)9-4-10(12(16)17)6-13-5-9/h4-6,8H,7H2,1-3H3,(H,16,17). The number of rotatable bonds is 4. The number of carbonyl (C=O) groups excluding carboxylic acids is 1. The summed E-state index contributed by atoms with van der Waals surface area (Å²) in [6.07, 6.45) is 2.60. The van der Waals surface area contributed by atoms with Gasteiger partial charge in [0.05, 0.1) is 11.1 Å². The Morgan fingerprint density at radius 2 is 1.94 bits per heavy atom. The van der Waals surface area contributed by atoms with E-state index in [2.05, 4.69) is 4.98 Å². The Morgan fingerprint density at radius 1 is 1.35 bits per heavy atom. The van der Waals surface area contributed by atoms with E-state index in [1.54, 1.807) is 11.9 Å². The number of carbonyl (C=O) groups is 2. The molecule has 1 aromatic heterocycles. The predicted octanol–water partition coefficient (Wildman–Crippen LogP) is 1.51. The lowest BCUT2D eigenvalue weighted by atomic mass is 10.1. The molecule has 0 aliphatic heterocycles. The lowest BCUT2D eigenvalue weighted by molar-refractivity contribution is 0.0696. The monoisotopic (exact) mass is 236 g/mol. The van der Waals surface area contributed by atoms with Crippen LogP contribution in [0.25, 0.3) is 0 Å². The first-order valence-corrected chi connectivity index (χ1v) is 5.35. The summed E-state index contributed by atoms with van der Waals surface area (Å²) in [4.78, 5) is 28.0. The van der Waals surface area contributed by atoms with E-state index >= 15 is 0 Å². The van der Waals surface area contributed by atoms with Gasteiger partial charge in [-0.15, -0.1) is 0 Å². The second kappa shape index (κ2) is 5.43. The van der Waals surface area contributed by atoms with E-state index in [1.807, 2.05) is 13.8 Å². The Bertz CT molecular complexity index is 430. The molecule has 0 spiro atoms. The summed E-state index contributed by atoms with van der Waals surface area (Å²) in [5.41, 5.74) is 0.321. The summed E-state index contributed by atoms with van der Waals surface area (Å²) in [5, 5.41) is 8.81. The third-order valence-corrected chi connectivity index (χ3v) is 2.22. The summed E-state index contributed by atoms with van der Waals surface area (Å²) in [6.45, 7) is 4.64. The molecule has 1 N–H and O–H groups in total. The average Bonchev–Trinajstić information content (AvgIpc) is 2.27. The van der Waals surface area contributed by atoms with Gasteiger partial charge < -0.3 is 10.0 Å². The average molecular weight is 236 g/mol. The van der Waals surface area contributed by atoms with Gasteiger partial charge in [-0.05, 0) is 12.0 Å². The highest BCUT2D eigenvalue weighted by Crippen LogP contribution is 2.07. The Kier molecular flexibility index (Phi) is 4.20. The van der Waals surface area contributed by atoms with Gasteiger partial charge in [0, 0.05) is 26.0 Å². The highest BCUT2D eigenvalue weighted by molar-refractivity contribution is 5.96. The molecule has 1 aromatic rings. The molecule has 0 aliphatic rings. The number of carboxylic acid groups (broad SMARTS) is 1. The number of pyridine rings is 1. The number of aromatic nitrogens is 1. The first-order chi connectivity index (χ1) is 7.91. The Hall–Kier alpha value is -1.91. The van der Waals surface area contributed by atoms with Crippen LogP contribution in [0, 0.1) is 5.92 Å². The van der Waals surface area contributed by atoms with E-state index < -0.39 is 5.97 Å². The van der Waals surface area contributed by atoms with Crippen LogP contribution in [0.5, 0.6) is 0 Å². The summed E-state index contributed by atoms with van der Waals surface area (Å²) in [7, 11) is 1.69. The van der Waals surface area contributed by atoms with Gasteiger partial charge in [-0.3, -0.25) is 9.78 Å². The summed E-state index contributed by atoms with van der Waals surface area (Å²) >= 11 is 0. The van der Waals surface area contributed by atoms with E-state index in [9.17, 15) is 9.59 Å². The third kappa shape index (κ3) is 3.55. The second-order valence-electron chi connectivity index (χ2n) is 4.35. The lowest BCUT2D eigenvalue weighted by Gasteiger charge is -2.19. The van der Waals surface area contributed by atoms with Gasteiger partial charge in [0.2, 0.25) is 0 Å². The molecule has 0 radical (unpaired) electrons. The highest BCUT2D eigenvalue weighted by Gasteiger charge is 2.15. The van der Waals surface area contributed by atoms with Gasteiger partial charge in [-0.1, -0.05) is 13.8 Å². The number of aromatic carboxylic acids is 1. The molecular weight excluding hydrogens is 220 g/mol. The fraction of sp³-hybridized carbons (Fsp3) is 0.417. The van der Waals surface area contributed by atoms with Crippen molar-refractivity contribution in [2.75, 3.05) is 13.6 Å². The van der Waals surface area contributed by atoms with Crippen LogP contribution in [0.1, 0.15) is 34.6 Å². The topological polar surface area (TPSA) is 70.5 Å². The maximum atomic E-state index is 11.9. The number of hydrogen-bond donors (Lipinski definition) is 1. The summed E-state index contributed by atoms with van der Waals surface area (Å²) in [6, 6.07) is 1.34. The van der Waals surface area contributed by atoms with Crippen LogP contribution in [0.3, 0.4) is 0 Å². The molecule has 0 aliphatic carbocycles. The largest absolute Gasteiger partial charge is 0.478 e. The molecule has 1 rings (SSSR count). The normalized spacial score (nSPS) is 10.4. The van der Waals surface area contributed by atoms with Crippen molar-refractivity contribution in [1.82, 2.24) is 9.88 Å². The molecule has 0 saturated heterocycles. The van der Waals surface area contributed by atoms with Crippen LogP contribution >= 0.6 is 0 Å². The molecule has 0 aromatic carbocycles. The number of hydrogen-bond acceptors (Lipinski definition) is 3. The van der Waals surface area contributed by atoms with Crippen molar-refractivity contribution in [3.05, 3.63) is 29.6 Å². The van der Waals surface area contributed by atoms with Crippen molar-refractivity contribution < 1.29 is 14.7 Å². The predicted molar refractivity (Wildman–Crippen MR) is 63.0 cm³/mol. The molecule has 1 heterocycles. The number of carboxylic acids is 1. The first kappa shape index (κ1) is 13.2. The van der Waals surface area contributed by atoms with Gasteiger partial charge in [-0.2, -0.15) is 0 Å². The summed E-state index contributed by atoms with van der Waals surface area (Å²) < 4.78 is 0. The SMILES string of the molecule is CC(C)CN(C)C(=O)c1cncc(C(=O)O)c1. The lowest BCUT2D eigenvalue weighted by Crippen LogP contribution is -2.30. The smallest absolute Gasteiger partial charge is 0.337 e. The fourth-order valence-corrected chi connectivity index (χ4v) is 1.52. The first-order valence-electron chi connectivity index (χ1n) is 5.35. The Morgan fingerprint density at radius 3 is 2.47 bits per heavy atom. The summed E-state index contributed by atoms with van der Waals surface area (Å²) in [5.74, 6) is -0.937. The van der Waals surface area contributed by atoms with Crippen LogP contribution in [-0.2, 0) is 0 Å². The molecule has 1 amide bonds. The molecule has 5 heteroatoms. The van der Waals surface area contributed by atoms with Crippen molar-refractivity contribution in [2.45, 2.75) is 13.8 Å². The second-order valence-corrected chi connectivity index (χ2v) is 4.35. The molecule has 0 fully saturated rings. The van der Waals surface area contributed by atoms with Crippen LogP contribution in [-0.4, -0.2) is 40.5 Å². The molecule has 17 heavy (non-hydrogen) atoms. The van der Waals surface area contributed by atoms with E-state index in [0.29, 0.717) is 18.0 Å². The Labute approximate surface area is 100 Å². The molecule has 0 saturated carbocycles. The quantitative estimate of drug-likeness (QED) is 0.860. The van der Waals surface area contributed by atoms with Crippen molar-refractivity contribution in [3.8, 4) is 0 Å². The van der Waals surface area contributed by atoms with Crippen molar-refractivity contribution in [3.63, 3.8) is 0 Å². The van der Waals surface area contributed by atoms with Crippen LogP contribution < -0.4 is 0 Å². The van der Waals surface area contributed by atoms with Crippen LogP contribution in [0.15, 0.2) is 18.5 Å². The molecular formula is C12H16N2O3. The fourth-order valence-electron chi connectivity index (χ4n) is 1.52. The van der Waals surface area contributed by atoms with Gasteiger partial charge >= 0.3 is 5.97 Å². The zero-order chi connectivity index (χ0) is 13.0. The van der Waals surface area contributed by atoms with E-state index in [1.165, 1.54) is 18.5 Å². The number of nitrogens with zero attached hydrogens (tertiary/aromatic N) is 2. The zero-order valence-electron chi connectivity index (χ0n) is 10.2. The van der Waals surface area contributed by atoms with E-state index in [-0.39, 0.29) is 11.5 Å². The van der Waals surface area contributed by atoms with Crippen LogP contribution in [0.4, 0.5) is 0 Å². The molecule has 5 nitrogen and oxygen atoms in total. The third-order valence-electron chi connectivity index (χ3n) is 2.22. The minimum atomic E-state index is -1.08. The van der Waals surface area contributed by atoms with Gasteiger partial charge in [0.25, 0.3) is 5.91 Å². The van der Waals surface area contributed by atoms with Crippen LogP contribution in [0.2, 0.25) is 0 Å². The molecule has 0 bridgehead atoms. The van der Waals surface area contributed by atoms with Gasteiger partial charge in [-0.25, -0.2) is 4.79 Å². The van der Waals surface area contributed by atoms with Crippen molar-refractivity contribution >= 4 is 11.9 Å². The number of amides is 1. The minimum absolute atomic E-state index is 0.0220. The maximum absolute atomic E-state index is 11.9. The zero-order valence-corrected chi connectivity index (χ0v) is 10.2. The van der Waals surface area contributed by atoms with Gasteiger partial charge in [0.15, 0.2) is 0 Å². The van der Waals surface area contributed by atoms with Gasteiger partial charge in [0.1, 0.15) is 0 Å². The molecule has 0 atom stereocenters. The maximum Gasteiger partial charge on any atom is 0.337 e. The van der Waals surface area contributed by atoms with Crippen molar-refractivity contribution in [1.29, 1.82) is 0 Å². The molecule has 92 valence electrons. The van der Waals surface area contributed by atoms with Crippen molar-refractivity contribution in [2.24, 2.45) is 5.92 Å². The highest BCUT2D eigenvalue weighted by atomic mass is 16.4. The minimum Gasteiger partial charge on any atom is -0.478 e. The molecule has 0 unspecified atom stereocenters.